The third-order valence-corrected chi connectivity index (χ3v) is 3.97. The van der Waals surface area contributed by atoms with E-state index in [-0.39, 0.29) is 17.7 Å². The molecule has 0 heterocycles. The van der Waals surface area contributed by atoms with Gasteiger partial charge in [-0.05, 0) is 37.0 Å². The summed E-state index contributed by atoms with van der Waals surface area (Å²) in [6, 6.07) is 4.85. The van der Waals surface area contributed by atoms with Gasteiger partial charge in [0.2, 0.25) is 0 Å². The molecule has 1 fully saturated rings. The molecule has 4 heteroatoms. The first kappa shape index (κ1) is 13.7. The van der Waals surface area contributed by atoms with Gasteiger partial charge in [0, 0.05) is 11.6 Å². The number of benzene rings is 1. The van der Waals surface area contributed by atoms with Gasteiger partial charge in [-0.2, -0.15) is 0 Å². The Morgan fingerprint density at radius 2 is 2.05 bits per heavy atom. The predicted molar refractivity (Wildman–Crippen MR) is 76.0 cm³/mol. The van der Waals surface area contributed by atoms with Gasteiger partial charge in [-0.15, -0.1) is 0 Å². The summed E-state index contributed by atoms with van der Waals surface area (Å²) in [6.07, 6.45) is 5.86. The maximum Gasteiger partial charge on any atom is 0.251 e. The minimum Gasteiger partial charge on any atom is -0.506 e. The normalized spacial score (nSPS) is 23.6. The Balaban J connectivity index is 2.05. The van der Waals surface area contributed by atoms with Crippen LogP contribution in [0.4, 0.5) is 5.69 Å². The average Bonchev–Trinajstić information content (AvgIpc) is 2.58. The summed E-state index contributed by atoms with van der Waals surface area (Å²) < 4.78 is 0. The van der Waals surface area contributed by atoms with Crippen LogP contribution in [0.25, 0.3) is 0 Å². The summed E-state index contributed by atoms with van der Waals surface area (Å²) in [4.78, 5) is 12.2. The molecule has 2 atom stereocenters. The second-order valence-electron chi connectivity index (χ2n) is 5.47. The third-order valence-electron chi connectivity index (χ3n) is 3.97. The predicted octanol–water partition coefficient (Wildman–Crippen LogP) is 2.67. The van der Waals surface area contributed by atoms with Gasteiger partial charge < -0.3 is 16.2 Å². The lowest BCUT2D eigenvalue weighted by atomic mass is 9.96. The van der Waals surface area contributed by atoms with E-state index in [1.54, 1.807) is 12.1 Å². The van der Waals surface area contributed by atoms with Crippen LogP contribution in [-0.2, 0) is 0 Å². The third kappa shape index (κ3) is 3.40. The van der Waals surface area contributed by atoms with Crippen molar-refractivity contribution in [3.63, 3.8) is 0 Å². The fourth-order valence-electron chi connectivity index (χ4n) is 2.64. The van der Waals surface area contributed by atoms with Crippen molar-refractivity contribution in [3.05, 3.63) is 23.8 Å². The van der Waals surface area contributed by atoms with E-state index in [0.29, 0.717) is 17.2 Å². The zero-order chi connectivity index (χ0) is 13.8. The fraction of sp³-hybridized carbons (Fsp3) is 0.533. The molecule has 2 unspecified atom stereocenters. The van der Waals surface area contributed by atoms with Crippen molar-refractivity contribution >= 4 is 11.6 Å². The number of nitrogen functional groups attached to an aromatic ring is 1. The van der Waals surface area contributed by atoms with Gasteiger partial charge in [-0.25, -0.2) is 0 Å². The molecule has 0 spiro atoms. The first-order valence-corrected chi connectivity index (χ1v) is 6.97. The number of nitrogens with one attached hydrogen (secondary N) is 1. The van der Waals surface area contributed by atoms with Crippen molar-refractivity contribution in [1.29, 1.82) is 0 Å². The van der Waals surface area contributed by atoms with Gasteiger partial charge in [0.1, 0.15) is 5.75 Å². The summed E-state index contributed by atoms with van der Waals surface area (Å²) in [6.45, 7) is 2.19. The molecule has 19 heavy (non-hydrogen) atoms. The van der Waals surface area contributed by atoms with Crippen molar-refractivity contribution in [2.45, 2.75) is 45.1 Å². The van der Waals surface area contributed by atoms with E-state index < -0.39 is 0 Å². The summed E-state index contributed by atoms with van der Waals surface area (Å²) in [7, 11) is 0. The Morgan fingerprint density at radius 3 is 2.79 bits per heavy atom. The summed E-state index contributed by atoms with van der Waals surface area (Å²) >= 11 is 0. The van der Waals surface area contributed by atoms with Crippen LogP contribution in [0, 0.1) is 5.92 Å². The number of phenolic OH excluding ortho intramolecular Hbond substituents is 1. The number of phenols is 1. The molecule has 0 saturated heterocycles. The molecule has 2 rings (SSSR count). The van der Waals surface area contributed by atoms with Gasteiger partial charge in [0.25, 0.3) is 5.91 Å². The number of hydrogen-bond donors (Lipinski definition) is 3. The number of aromatic hydroxyl groups is 1. The molecule has 4 nitrogen and oxygen atoms in total. The molecule has 0 radical (unpaired) electrons. The molecular weight excluding hydrogens is 240 g/mol. The summed E-state index contributed by atoms with van der Waals surface area (Å²) in [5.41, 5.74) is 6.29. The molecule has 0 aliphatic heterocycles. The number of amides is 1. The van der Waals surface area contributed by atoms with Gasteiger partial charge >= 0.3 is 0 Å². The first-order valence-electron chi connectivity index (χ1n) is 6.97. The number of rotatable bonds is 2. The number of nitrogens with two attached hydrogens (primary N) is 1. The topological polar surface area (TPSA) is 75.4 Å². The number of carbonyl (C=O) groups excluding carboxylic acids is 1. The van der Waals surface area contributed by atoms with Crippen LogP contribution in [0.3, 0.4) is 0 Å². The Morgan fingerprint density at radius 1 is 1.32 bits per heavy atom. The van der Waals surface area contributed by atoms with Gasteiger partial charge in [0.15, 0.2) is 0 Å². The van der Waals surface area contributed by atoms with E-state index in [9.17, 15) is 9.90 Å². The van der Waals surface area contributed by atoms with Crippen LogP contribution in [0.2, 0.25) is 0 Å². The molecule has 4 N–H and O–H groups in total. The minimum atomic E-state index is -0.131. The zero-order valence-corrected chi connectivity index (χ0v) is 11.4. The van der Waals surface area contributed by atoms with Crippen LogP contribution >= 0.6 is 0 Å². The van der Waals surface area contributed by atoms with Gasteiger partial charge in [-0.3, -0.25) is 4.79 Å². The van der Waals surface area contributed by atoms with Crippen LogP contribution in [0.1, 0.15) is 49.4 Å². The standard InChI is InChI=1S/C15H22N2O2/c1-10-5-3-2-4-6-13(10)17-15(19)11-7-8-12(16)14(18)9-11/h7-10,13,18H,2-6,16H2,1H3,(H,17,19). The number of carbonyl (C=O) groups is 1. The van der Waals surface area contributed by atoms with Crippen LogP contribution in [0.5, 0.6) is 5.75 Å². The van der Waals surface area contributed by atoms with Crippen molar-refractivity contribution in [2.24, 2.45) is 5.92 Å². The largest absolute Gasteiger partial charge is 0.506 e. The van der Waals surface area contributed by atoms with E-state index in [4.69, 9.17) is 5.73 Å². The van der Waals surface area contributed by atoms with Crippen molar-refractivity contribution in [3.8, 4) is 5.75 Å². The molecule has 1 aromatic rings. The summed E-state index contributed by atoms with van der Waals surface area (Å²) in [5.74, 6) is 0.337. The lowest BCUT2D eigenvalue weighted by Gasteiger charge is -2.22. The highest BCUT2D eigenvalue weighted by Gasteiger charge is 2.22. The maximum absolute atomic E-state index is 12.2. The van der Waals surface area contributed by atoms with Crippen molar-refractivity contribution in [2.75, 3.05) is 5.73 Å². The second kappa shape index (κ2) is 5.95. The van der Waals surface area contributed by atoms with E-state index in [0.717, 1.165) is 12.8 Å². The lowest BCUT2D eigenvalue weighted by Crippen LogP contribution is -2.38. The molecule has 1 aliphatic carbocycles. The van der Waals surface area contributed by atoms with Crippen LogP contribution in [0.15, 0.2) is 18.2 Å². The Bertz CT molecular complexity index is 459. The minimum absolute atomic E-state index is 0.0402. The summed E-state index contributed by atoms with van der Waals surface area (Å²) in [5, 5.41) is 12.6. The fourth-order valence-corrected chi connectivity index (χ4v) is 2.64. The van der Waals surface area contributed by atoms with E-state index in [2.05, 4.69) is 12.2 Å². The lowest BCUT2D eigenvalue weighted by molar-refractivity contribution is 0.0921. The van der Waals surface area contributed by atoms with Crippen molar-refractivity contribution < 1.29 is 9.90 Å². The highest BCUT2D eigenvalue weighted by atomic mass is 16.3. The van der Waals surface area contributed by atoms with Gasteiger partial charge in [-0.1, -0.05) is 26.2 Å². The highest BCUT2D eigenvalue weighted by Crippen LogP contribution is 2.24. The van der Waals surface area contributed by atoms with E-state index in [1.807, 2.05) is 0 Å². The number of hydrogen-bond acceptors (Lipinski definition) is 3. The molecule has 1 aromatic carbocycles. The van der Waals surface area contributed by atoms with Gasteiger partial charge in [0.05, 0.1) is 5.69 Å². The molecule has 104 valence electrons. The molecule has 1 saturated carbocycles. The second-order valence-corrected chi connectivity index (χ2v) is 5.47. The molecule has 0 aromatic heterocycles. The monoisotopic (exact) mass is 262 g/mol. The van der Waals surface area contributed by atoms with Crippen LogP contribution in [-0.4, -0.2) is 17.1 Å². The number of anilines is 1. The van der Waals surface area contributed by atoms with E-state index in [1.165, 1.54) is 25.3 Å². The molecule has 1 amide bonds. The zero-order valence-electron chi connectivity index (χ0n) is 11.4. The first-order chi connectivity index (χ1) is 9.08. The Kier molecular flexibility index (Phi) is 4.30. The maximum atomic E-state index is 12.2. The smallest absolute Gasteiger partial charge is 0.251 e. The Hall–Kier alpha value is -1.71. The van der Waals surface area contributed by atoms with Crippen molar-refractivity contribution in [1.82, 2.24) is 5.32 Å². The quantitative estimate of drug-likeness (QED) is 0.436. The molecule has 1 aliphatic rings. The average molecular weight is 262 g/mol. The van der Waals surface area contributed by atoms with E-state index >= 15 is 0 Å². The SMILES string of the molecule is CC1CCCCCC1NC(=O)c1ccc(N)c(O)c1. The molecule has 0 bridgehead atoms. The Labute approximate surface area is 114 Å². The van der Waals surface area contributed by atoms with Crippen LogP contribution < -0.4 is 11.1 Å². The highest BCUT2D eigenvalue weighted by molar-refractivity contribution is 5.95. The molecular formula is C15H22N2O2.